The highest BCUT2D eigenvalue weighted by Gasteiger charge is 2.25. The zero-order valence-electron chi connectivity index (χ0n) is 26.0. The Kier molecular flexibility index (Phi) is 10.4. The average Bonchev–Trinajstić information content (AvgIpc) is 2.99. The second-order valence-electron chi connectivity index (χ2n) is 11.8. The van der Waals surface area contributed by atoms with Crippen LogP contribution in [0.4, 0.5) is 10.1 Å². The van der Waals surface area contributed by atoms with Crippen LogP contribution in [0.5, 0.6) is 11.5 Å². The predicted molar refractivity (Wildman–Crippen MR) is 167 cm³/mol. The zero-order valence-corrected chi connectivity index (χ0v) is 26.0. The monoisotopic (exact) mass is 576 g/mol. The number of rotatable bonds is 7. The van der Waals surface area contributed by atoms with Gasteiger partial charge in [0.15, 0.2) is 0 Å². The van der Waals surface area contributed by atoms with Crippen LogP contribution in [0.25, 0.3) is 11.3 Å². The van der Waals surface area contributed by atoms with Gasteiger partial charge in [0.2, 0.25) is 0 Å². The van der Waals surface area contributed by atoms with Gasteiger partial charge < -0.3 is 19.7 Å². The fourth-order valence-corrected chi connectivity index (χ4v) is 5.30. The molecule has 0 aliphatic carbocycles. The minimum atomic E-state index is -0.293. The molecule has 2 aromatic carbocycles. The van der Waals surface area contributed by atoms with Gasteiger partial charge in [-0.25, -0.2) is 4.39 Å². The molecule has 1 aliphatic rings. The van der Waals surface area contributed by atoms with Gasteiger partial charge in [0.1, 0.15) is 17.3 Å². The summed E-state index contributed by atoms with van der Waals surface area (Å²) in [4.78, 5) is 23.6. The number of benzene rings is 2. The van der Waals surface area contributed by atoms with Crippen molar-refractivity contribution in [1.82, 2.24) is 14.8 Å². The number of nitrogens with zero attached hydrogens (tertiary/aromatic N) is 3. The number of aromatic nitrogens is 1. The topological polar surface area (TPSA) is 66.9 Å². The third-order valence-corrected chi connectivity index (χ3v) is 7.57. The molecule has 1 amide bonds. The normalized spacial score (nSPS) is 14.9. The van der Waals surface area contributed by atoms with E-state index in [0.29, 0.717) is 36.2 Å². The summed E-state index contributed by atoms with van der Waals surface area (Å²) in [5.74, 6) is 1.04. The van der Waals surface area contributed by atoms with Crippen LogP contribution in [0.15, 0.2) is 48.5 Å². The maximum absolute atomic E-state index is 14.3. The molecule has 0 saturated heterocycles. The molecule has 0 bridgehead atoms. The second-order valence-corrected chi connectivity index (χ2v) is 11.8. The summed E-state index contributed by atoms with van der Waals surface area (Å²) < 4.78 is 25.8. The van der Waals surface area contributed by atoms with Crippen LogP contribution in [-0.4, -0.2) is 66.1 Å². The third-order valence-electron chi connectivity index (χ3n) is 7.57. The molecule has 3 aromatic rings. The number of hydrogen-bond acceptors (Lipinski definition) is 6. The van der Waals surface area contributed by atoms with Gasteiger partial charge in [-0.3, -0.25) is 14.7 Å². The molecular weight excluding hydrogens is 531 g/mol. The Hall–Kier alpha value is -3.65. The van der Waals surface area contributed by atoms with E-state index in [0.717, 1.165) is 54.3 Å². The van der Waals surface area contributed by atoms with Crippen molar-refractivity contribution in [2.45, 2.75) is 72.6 Å². The lowest BCUT2D eigenvalue weighted by atomic mass is 9.99. The van der Waals surface area contributed by atoms with Crippen molar-refractivity contribution in [3.63, 3.8) is 0 Å². The number of nitrogens with one attached hydrogen (secondary N) is 1. The number of amides is 1. The van der Waals surface area contributed by atoms with Crippen LogP contribution in [0, 0.1) is 5.82 Å². The van der Waals surface area contributed by atoms with Gasteiger partial charge in [-0.15, -0.1) is 0 Å². The number of hydrogen-bond donors (Lipinski definition) is 1. The fraction of sp³-hybridized carbons (Fsp3) is 0.471. The van der Waals surface area contributed by atoms with Gasteiger partial charge in [-0.2, -0.15) is 0 Å². The number of carbonyl (C=O) groups excluding carboxylic acids is 1. The molecule has 0 radical (unpaired) electrons. The Morgan fingerprint density at radius 1 is 0.976 bits per heavy atom. The average molecular weight is 577 g/mol. The zero-order chi connectivity index (χ0) is 30.4. The third kappa shape index (κ3) is 7.59. The first-order chi connectivity index (χ1) is 20.1. The summed E-state index contributed by atoms with van der Waals surface area (Å²) in [6.07, 6.45) is 0.918. The van der Waals surface area contributed by atoms with Gasteiger partial charge >= 0.3 is 0 Å². The Morgan fingerprint density at radius 3 is 2.45 bits per heavy atom. The van der Waals surface area contributed by atoms with Crippen LogP contribution in [-0.2, 0) is 6.54 Å². The highest BCUT2D eigenvalue weighted by Crippen LogP contribution is 2.35. The van der Waals surface area contributed by atoms with E-state index in [2.05, 4.69) is 37.9 Å². The van der Waals surface area contributed by atoms with Crippen LogP contribution in [0.1, 0.15) is 75.5 Å². The number of pyridine rings is 1. The Labute approximate surface area is 250 Å². The largest absolute Gasteiger partial charge is 0.497 e. The molecule has 0 spiro atoms. The minimum absolute atomic E-state index is 0.00289. The maximum Gasteiger partial charge on any atom is 0.256 e. The SMILES string of the molecule is COc1ccc(OC(C)C)c(-c2ccc(C(=O)N3CCN(C(C)C)CCCNc4cc(F)ccc4C3)c(C(C)C)n2)c1. The quantitative estimate of drug-likeness (QED) is 0.328. The summed E-state index contributed by atoms with van der Waals surface area (Å²) in [7, 11) is 1.63. The number of fused-ring (bicyclic) bond motifs is 1. The molecule has 2 heterocycles. The van der Waals surface area contributed by atoms with Gasteiger partial charge in [0.25, 0.3) is 5.91 Å². The van der Waals surface area contributed by atoms with E-state index in [9.17, 15) is 9.18 Å². The number of anilines is 1. The lowest BCUT2D eigenvalue weighted by molar-refractivity contribution is 0.0710. The smallest absolute Gasteiger partial charge is 0.256 e. The number of methoxy groups -OCH3 is 1. The summed E-state index contributed by atoms with van der Waals surface area (Å²) in [5.41, 5.74) is 4.46. The lowest BCUT2D eigenvalue weighted by Crippen LogP contribution is -2.41. The number of carbonyl (C=O) groups is 1. The molecule has 0 fully saturated rings. The Balaban J connectivity index is 1.75. The Morgan fingerprint density at radius 2 is 1.76 bits per heavy atom. The summed E-state index contributed by atoms with van der Waals surface area (Å²) in [6, 6.07) is 14.6. The first-order valence-corrected chi connectivity index (χ1v) is 15.0. The van der Waals surface area contributed by atoms with E-state index < -0.39 is 0 Å². The lowest BCUT2D eigenvalue weighted by Gasteiger charge is -2.30. The first kappa shape index (κ1) is 31.3. The molecule has 1 aromatic heterocycles. The van der Waals surface area contributed by atoms with Gasteiger partial charge in [-0.05, 0) is 88.1 Å². The van der Waals surface area contributed by atoms with Gasteiger partial charge in [-0.1, -0.05) is 19.9 Å². The number of ether oxygens (including phenoxy) is 2. The van der Waals surface area contributed by atoms with Crippen molar-refractivity contribution in [2.24, 2.45) is 0 Å². The summed E-state index contributed by atoms with van der Waals surface area (Å²) in [6.45, 7) is 15.7. The van der Waals surface area contributed by atoms with E-state index >= 15 is 0 Å². The van der Waals surface area contributed by atoms with Crippen molar-refractivity contribution in [3.8, 4) is 22.8 Å². The molecule has 226 valence electrons. The van der Waals surface area contributed by atoms with Crippen LogP contribution < -0.4 is 14.8 Å². The van der Waals surface area contributed by atoms with E-state index in [4.69, 9.17) is 14.5 Å². The second kappa shape index (κ2) is 14.0. The minimum Gasteiger partial charge on any atom is -0.497 e. The first-order valence-electron chi connectivity index (χ1n) is 15.0. The molecule has 42 heavy (non-hydrogen) atoms. The van der Waals surface area contributed by atoms with Crippen LogP contribution in [0.2, 0.25) is 0 Å². The van der Waals surface area contributed by atoms with Gasteiger partial charge in [0, 0.05) is 50.0 Å². The number of halogens is 1. The molecule has 0 unspecified atom stereocenters. The molecule has 8 heteroatoms. The van der Waals surface area contributed by atoms with E-state index in [-0.39, 0.29) is 23.7 Å². The summed E-state index contributed by atoms with van der Waals surface area (Å²) >= 11 is 0. The molecule has 0 saturated carbocycles. The van der Waals surface area contributed by atoms with Crippen LogP contribution in [0.3, 0.4) is 0 Å². The van der Waals surface area contributed by atoms with Crippen molar-refractivity contribution in [3.05, 3.63) is 71.2 Å². The van der Waals surface area contributed by atoms with Gasteiger partial charge in [0.05, 0.1) is 30.2 Å². The van der Waals surface area contributed by atoms with E-state index in [1.807, 2.05) is 49.1 Å². The summed E-state index contributed by atoms with van der Waals surface area (Å²) in [5, 5.41) is 3.40. The highest BCUT2D eigenvalue weighted by molar-refractivity contribution is 5.96. The molecule has 0 atom stereocenters. The highest BCUT2D eigenvalue weighted by atomic mass is 19.1. The Bertz CT molecular complexity index is 1370. The van der Waals surface area contributed by atoms with Crippen molar-refractivity contribution < 1.29 is 18.7 Å². The molecule has 7 nitrogen and oxygen atoms in total. The van der Waals surface area contributed by atoms with Crippen molar-refractivity contribution in [2.75, 3.05) is 38.6 Å². The molecular formula is C34H45FN4O3. The van der Waals surface area contributed by atoms with E-state index in [1.165, 1.54) is 12.1 Å². The van der Waals surface area contributed by atoms with Crippen LogP contribution >= 0.6 is 0 Å². The maximum atomic E-state index is 14.3. The molecule has 4 rings (SSSR count). The molecule has 1 aliphatic heterocycles. The standard InChI is InChI=1S/C34H45FN4O3/c1-22(2)33-28(12-13-30(37-33)29-20-27(41-7)11-14-32(29)42-24(5)6)34(40)39-18-17-38(23(3)4)16-8-15-36-31-19-26(35)10-9-25(31)21-39/h9-14,19-20,22-24,36H,8,15-18,21H2,1-7H3. The predicted octanol–water partition coefficient (Wildman–Crippen LogP) is 6.98. The fourth-order valence-electron chi connectivity index (χ4n) is 5.30. The van der Waals surface area contributed by atoms with E-state index in [1.54, 1.807) is 13.2 Å². The van der Waals surface area contributed by atoms with Crippen molar-refractivity contribution in [1.29, 1.82) is 0 Å². The van der Waals surface area contributed by atoms with Crippen molar-refractivity contribution >= 4 is 11.6 Å². The molecule has 1 N–H and O–H groups in total.